The van der Waals surface area contributed by atoms with Crippen LogP contribution in [0.15, 0.2) is 29.5 Å². The van der Waals surface area contributed by atoms with Crippen molar-refractivity contribution in [3.63, 3.8) is 0 Å². The van der Waals surface area contributed by atoms with Crippen LogP contribution in [0.25, 0.3) is 0 Å². The van der Waals surface area contributed by atoms with Crippen molar-refractivity contribution in [2.75, 3.05) is 6.61 Å². The summed E-state index contributed by atoms with van der Waals surface area (Å²) >= 11 is 12.1. The number of hydrogen-bond acceptors (Lipinski definition) is 3. The quantitative estimate of drug-likeness (QED) is 0.721. The average Bonchev–Trinajstić information content (AvgIpc) is 2.62. The van der Waals surface area contributed by atoms with Gasteiger partial charge in [-0.3, -0.25) is 0 Å². The lowest BCUT2D eigenvalue weighted by molar-refractivity contribution is -0.141. The molecule has 2 amide bonds. The SMILES string of the molecule is CC1=C(C(=O)OCC2CCCCC2)[C@@H](c2ccc(Cl)c(Cl)c2)NC(=O)N1. The van der Waals surface area contributed by atoms with Crippen LogP contribution in [-0.4, -0.2) is 18.6 Å². The van der Waals surface area contributed by atoms with E-state index < -0.39 is 12.0 Å². The van der Waals surface area contributed by atoms with Crippen molar-refractivity contribution in [2.24, 2.45) is 5.92 Å². The van der Waals surface area contributed by atoms with Gasteiger partial charge in [-0.1, -0.05) is 48.5 Å². The molecular weight excluding hydrogens is 375 g/mol. The van der Waals surface area contributed by atoms with E-state index in [0.29, 0.717) is 39.4 Å². The molecule has 26 heavy (non-hydrogen) atoms. The van der Waals surface area contributed by atoms with Crippen LogP contribution in [0.2, 0.25) is 10.0 Å². The Kier molecular flexibility index (Phi) is 6.09. The fraction of sp³-hybridized carbons (Fsp3) is 0.474. The molecule has 0 unspecified atom stereocenters. The highest BCUT2D eigenvalue weighted by molar-refractivity contribution is 6.42. The molecule has 0 spiro atoms. The summed E-state index contributed by atoms with van der Waals surface area (Å²) in [6.45, 7) is 2.11. The number of amides is 2. The fourth-order valence-corrected chi connectivity index (χ4v) is 3.84. The number of hydrogen-bond donors (Lipinski definition) is 2. The minimum absolute atomic E-state index is 0.365. The van der Waals surface area contributed by atoms with Crippen LogP contribution in [0, 0.1) is 5.92 Å². The third-order valence-corrected chi connectivity index (χ3v) is 5.68. The number of ether oxygens (including phenoxy) is 1. The summed E-state index contributed by atoms with van der Waals surface area (Å²) in [4.78, 5) is 24.7. The molecule has 0 bridgehead atoms. The first-order valence-electron chi connectivity index (χ1n) is 8.86. The van der Waals surface area contributed by atoms with Gasteiger partial charge in [0.1, 0.15) is 0 Å². The molecule has 1 heterocycles. The molecule has 1 aliphatic carbocycles. The number of nitrogens with one attached hydrogen (secondary N) is 2. The van der Waals surface area contributed by atoms with Gasteiger partial charge in [-0.25, -0.2) is 9.59 Å². The van der Waals surface area contributed by atoms with E-state index in [4.69, 9.17) is 27.9 Å². The number of carbonyl (C=O) groups excluding carboxylic acids is 2. The van der Waals surface area contributed by atoms with E-state index in [2.05, 4.69) is 10.6 Å². The summed E-state index contributed by atoms with van der Waals surface area (Å²) in [7, 11) is 0. The predicted molar refractivity (Wildman–Crippen MR) is 101 cm³/mol. The summed E-state index contributed by atoms with van der Waals surface area (Å²) in [5.41, 5.74) is 1.55. The highest BCUT2D eigenvalue weighted by atomic mass is 35.5. The van der Waals surface area contributed by atoms with Crippen LogP contribution in [0.4, 0.5) is 4.79 Å². The molecule has 0 aromatic heterocycles. The number of benzene rings is 1. The molecule has 1 saturated carbocycles. The Bertz CT molecular complexity index is 742. The van der Waals surface area contributed by atoms with Gasteiger partial charge in [-0.2, -0.15) is 0 Å². The van der Waals surface area contributed by atoms with Crippen molar-refractivity contribution < 1.29 is 14.3 Å². The Hall–Kier alpha value is -1.72. The van der Waals surface area contributed by atoms with Crippen LogP contribution in [-0.2, 0) is 9.53 Å². The number of urea groups is 1. The van der Waals surface area contributed by atoms with Crippen molar-refractivity contribution in [2.45, 2.75) is 45.1 Å². The van der Waals surface area contributed by atoms with Crippen LogP contribution in [0.1, 0.15) is 50.6 Å². The van der Waals surface area contributed by atoms with Crippen LogP contribution >= 0.6 is 23.2 Å². The first-order valence-corrected chi connectivity index (χ1v) is 9.61. The molecule has 0 radical (unpaired) electrons. The largest absolute Gasteiger partial charge is 0.462 e. The van der Waals surface area contributed by atoms with Crippen LogP contribution in [0.3, 0.4) is 0 Å². The Morgan fingerprint density at radius 3 is 2.62 bits per heavy atom. The van der Waals surface area contributed by atoms with Crippen LogP contribution in [0.5, 0.6) is 0 Å². The fourth-order valence-electron chi connectivity index (χ4n) is 3.53. The van der Waals surface area contributed by atoms with Gasteiger partial charge in [0.15, 0.2) is 0 Å². The lowest BCUT2D eigenvalue weighted by Crippen LogP contribution is -2.45. The second-order valence-electron chi connectivity index (χ2n) is 6.85. The zero-order valence-electron chi connectivity index (χ0n) is 14.6. The first kappa shape index (κ1) is 19.1. The maximum absolute atomic E-state index is 12.8. The maximum atomic E-state index is 12.8. The molecular formula is C19H22Cl2N2O3. The molecule has 2 N–H and O–H groups in total. The third kappa shape index (κ3) is 4.33. The third-order valence-electron chi connectivity index (χ3n) is 4.94. The maximum Gasteiger partial charge on any atom is 0.338 e. The minimum atomic E-state index is -0.627. The van der Waals surface area contributed by atoms with E-state index in [0.717, 1.165) is 12.8 Å². The molecule has 1 aromatic carbocycles. The molecule has 5 nitrogen and oxygen atoms in total. The number of carbonyl (C=O) groups is 2. The van der Waals surface area contributed by atoms with Crippen molar-refractivity contribution >= 4 is 35.2 Å². The molecule has 1 fully saturated rings. The average molecular weight is 397 g/mol. The first-order chi connectivity index (χ1) is 12.5. The Labute approximate surface area is 163 Å². The molecule has 7 heteroatoms. The molecule has 0 saturated heterocycles. The van der Waals surface area contributed by atoms with Gasteiger partial charge in [0.2, 0.25) is 0 Å². The van der Waals surface area contributed by atoms with Crippen molar-refractivity contribution in [1.29, 1.82) is 0 Å². The number of rotatable bonds is 4. The van der Waals surface area contributed by atoms with E-state index in [1.54, 1.807) is 25.1 Å². The van der Waals surface area contributed by atoms with Gasteiger partial charge < -0.3 is 15.4 Å². The predicted octanol–water partition coefficient (Wildman–Crippen LogP) is 4.74. The van der Waals surface area contributed by atoms with Crippen LogP contribution < -0.4 is 10.6 Å². The zero-order chi connectivity index (χ0) is 18.7. The molecule has 3 rings (SSSR count). The number of allylic oxidation sites excluding steroid dienone is 1. The Morgan fingerprint density at radius 2 is 1.92 bits per heavy atom. The number of esters is 1. The summed E-state index contributed by atoms with van der Waals surface area (Å²) < 4.78 is 5.59. The minimum Gasteiger partial charge on any atom is -0.462 e. The molecule has 1 atom stereocenters. The van der Waals surface area contributed by atoms with Gasteiger partial charge in [0.25, 0.3) is 0 Å². The summed E-state index contributed by atoms with van der Waals surface area (Å²) in [5, 5.41) is 6.19. The van der Waals surface area contributed by atoms with Crippen molar-refractivity contribution in [3.8, 4) is 0 Å². The number of halogens is 2. The van der Waals surface area contributed by atoms with Crippen molar-refractivity contribution in [3.05, 3.63) is 45.1 Å². The lowest BCUT2D eigenvalue weighted by Gasteiger charge is -2.29. The topological polar surface area (TPSA) is 67.4 Å². The van der Waals surface area contributed by atoms with Gasteiger partial charge in [-0.15, -0.1) is 0 Å². The van der Waals surface area contributed by atoms with E-state index >= 15 is 0 Å². The summed E-state index contributed by atoms with van der Waals surface area (Å²) in [6, 6.07) is 4.04. The van der Waals surface area contributed by atoms with Gasteiger partial charge in [0, 0.05) is 5.70 Å². The van der Waals surface area contributed by atoms with E-state index in [9.17, 15) is 9.59 Å². The van der Waals surface area contributed by atoms with Crippen molar-refractivity contribution in [1.82, 2.24) is 10.6 Å². The van der Waals surface area contributed by atoms with Gasteiger partial charge >= 0.3 is 12.0 Å². The van der Waals surface area contributed by atoms with Gasteiger partial charge in [0.05, 0.1) is 28.3 Å². The highest BCUT2D eigenvalue weighted by Crippen LogP contribution is 2.32. The molecule has 1 aliphatic heterocycles. The summed E-state index contributed by atoms with van der Waals surface area (Å²) in [6.07, 6.45) is 5.82. The molecule has 1 aromatic rings. The summed E-state index contributed by atoms with van der Waals surface area (Å²) in [5.74, 6) is -0.000167. The van der Waals surface area contributed by atoms with E-state index in [1.165, 1.54) is 19.3 Å². The Balaban J connectivity index is 1.80. The zero-order valence-corrected chi connectivity index (χ0v) is 16.1. The van der Waals surface area contributed by atoms with Gasteiger partial charge in [-0.05, 0) is 43.4 Å². The highest BCUT2D eigenvalue weighted by Gasteiger charge is 2.33. The normalized spacial score (nSPS) is 21.2. The van der Waals surface area contributed by atoms with E-state index in [1.807, 2.05) is 0 Å². The standard InChI is InChI=1S/C19H22Cl2N2O3/c1-11-16(18(24)26-10-12-5-3-2-4-6-12)17(23-19(25)22-11)13-7-8-14(20)15(21)9-13/h7-9,12,17H,2-6,10H2,1H3,(H2,22,23,25)/t17-/m1/s1. The molecule has 140 valence electrons. The Morgan fingerprint density at radius 1 is 1.19 bits per heavy atom. The monoisotopic (exact) mass is 396 g/mol. The molecule has 2 aliphatic rings. The lowest BCUT2D eigenvalue weighted by atomic mass is 9.90. The second kappa shape index (κ2) is 8.31. The smallest absolute Gasteiger partial charge is 0.338 e. The second-order valence-corrected chi connectivity index (χ2v) is 7.66. The van der Waals surface area contributed by atoms with E-state index in [-0.39, 0.29) is 6.03 Å².